The fourth-order valence-electron chi connectivity index (χ4n) is 1.52. The minimum absolute atomic E-state index is 0.0631. The summed E-state index contributed by atoms with van der Waals surface area (Å²) in [5.74, 6) is 1.03. The zero-order valence-electron chi connectivity index (χ0n) is 12.6. The number of hydrogen-bond donors (Lipinski definition) is 1. The smallest absolute Gasteiger partial charge is 0.277 e. The highest BCUT2D eigenvalue weighted by molar-refractivity contribution is 5.73. The van der Waals surface area contributed by atoms with Gasteiger partial charge >= 0.3 is 0 Å². The molecule has 0 spiro atoms. The van der Waals surface area contributed by atoms with Gasteiger partial charge in [-0.05, 0) is 29.7 Å². The molecule has 0 amide bonds. The minimum Gasteiger partial charge on any atom is -0.508 e. The Bertz CT molecular complexity index is 577. The van der Waals surface area contributed by atoms with Crippen LogP contribution in [-0.4, -0.2) is 10.0 Å². The second-order valence-electron chi connectivity index (χ2n) is 5.12. The summed E-state index contributed by atoms with van der Waals surface area (Å²) >= 11 is 0. The first-order chi connectivity index (χ1) is 9.95. The van der Waals surface area contributed by atoms with E-state index in [1.165, 1.54) is 24.6 Å². The molecule has 21 heavy (non-hydrogen) atoms. The van der Waals surface area contributed by atoms with Gasteiger partial charge in [0.25, 0.3) is 5.69 Å². The maximum Gasteiger partial charge on any atom is 0.277 e. The molecule has 0 fully saturated rings. The van der Waals surface area contributed by atoms with Crippen molar-refractivity contribution in [2.45, 2.75) is 27.2 Å². The van der Waals surface area contributed by atoms with Crippen molar-refractivity contribution < 1.29 is 10.0 Å². The largest absolute Gasteiger partial charge is 0.508 e. The van der Waals surface area contributed by atoms with Crippen molar-refractivity contribution in [1.82, 2.24) is 0 Å². The first kappa shape index (κ1) is 16.7. The highest BCUT2D eigenvalue weighted by Gasteiger charge is 2.13. The average molecular weight is 287 g/mol. The Morgan fingerprint density at radius 1 is 1.10 bits per heavy atom. The molecule has 0 radical (unpaired) electrons. The van der Waals surface area contributed by atoms with E-state index in [1.54, 1.807) is 30.3 Å². The predicted molar refractivity (Wildman–Crippen MR) is 85.3 cm³/mol. The van der Waals surface area contributed by atoms with Gasteiger partial charge in [0.2, 0.25) is 0 Å². The van der Waals surface area contributed by atoms with Crippen molar-refractivity contribution in [3.8, 4) is 16.9 Å². The maximum absolute atomic E-state index is 10.8. The van der Waals surface area contributed by atoms with Crippen LogP contribution >= 0.6 is 0 Å². The predicted octanol–water partition coefficient (Wildman–Crippen LogP) is 5.02. The Labute approximate surface area is 125 Å². The summed E-state index contributed by atoms with van der Waals surface area (Å²) in [5.41, 5.74) is 1.32. The fourth-order valence-corrected chi connectivity index (χ4v) is 1.52. The van der Waals surface area contributed by atoms with Crippen LogP contribution in [0.3, 0.4) is 0 Å². The first-order valence-corrected chi connectivity index (χ1v) is 6.98. The average Bonchev–Trinajstić information content (AvgIpc) is 2.48. The van der Waals surface area contributed by atoms with Gasteiger partial charge in [0.05, 0.1) is 10.5 Å². The molecule has 2 aromatic rings. The van der Waals surface area contributed by atoms with Crippen molar-refractivity contribution in [1.29, 1.82) is 0 Å². The Morgan fingerprint density at radius 3 is 2.10 bits per heavy atom. The molecule has 0 aromatic heterocycles. The second-order valence-corrected chi connectivity index (χ2v) is 5.12. The van der Waals surface area contributed by atoms with E-state index in [2.05, 4.69) is 20.8 Å². The third-order valence-corrected chi connectivity index (χ3v) is 3.10. The van der Waals surface area contributed by atoms with Gasteiger partial charge in [-0.15, -0.1) is 0 Å². The van der Waals surface area contributed by atoms with Gasteiger partial charge in [0.15, 0.2) is 0 Å². The lowest BCUT2D eigenvalue weighted by Gasteiger charge is -2.02. The molecule has 1 N–H and O–H groups in total. The number of nitro benzene ring substituents is 1. The van der Waals surface area contributed by atoms with Gasteiger partial charge in [-0.25, -0.2) is 0 Å². The molecule has 0 saturated carbocycles. The molecule has 112 valence electrons. The van der Waals surface area contributed by atoms with Crippen LogP contribution in [0.1, 0.15) is 27.2 Å². The summed E-state index contributed by atoms with van der Waals surface area (Å²) in [6, 6.07) is 12.8. The molecule has 2 aromatic carbocycles. The Kier molecular flexibility index (Phi) is 6.40. The third kappa shape index (κ3) is 5.26. The second kappa shape index (κ2) is 8.04. The van der Waals surface area contributed by atoms with E-state index in [0.717, 1.165) is 5.92 Å². The number of benzene rings is 2. The van der Waals surface area contributed by atoms with Gasteiger partial charge in [-0.1, -0.05) is 51.5 Å². The summed E-state index contributed by atoms with van der Waals surface area (Å²) < 4.78 is 0. The van der Waals surface area contributed by atoms with E-state index in [9.17, 15) is 10.1 Å². The van der Waals surface area contributed by atoms with Crippen LogP contribution in [-0.2, 0) is 0 Å². The topological polar surface area (TPSA) is 63.4 Å². The Morgan fingerprint density at radius 2 is 1.62 bits per heavy atom. The maximum atomic E-state index is 10.8. The monoisotopic (exact) mass is 287 g/mol. The van der Waals surface area contributed by atoms with E-state index in [4.69, 9.17) is 5.11 Å². The van der Waals surface area contributed by atoms with Gasteiger partial charge in [0, 0.05) is 6.07 Å². The van der Waals surface area contributed by atoms with Gasteiger partial charge in [-0.2, -0.15) is 0 Å². The van der Waals surface area contributed by atoms with E-state index in [-0.39, 0.29) is 11.4 Å². The lowest BCUT2D eigenvalue weighted by molar-refractivity contribution is -0.384. The molecule has 4 nitrogen and oxygen atoms in total. The molecule has 2 rings (SSSR count). The first-order valence-electron chi connectivity index (χ1n) is 6.98. The Hall–Kier alpha value is -2.36. The quantitative estimate of drug-likeness (QED) is 0.636. The van der Waals surface area contributed by atoms with Crippen molar-refractivity contribution in [3.63, 3.8) is 0 Å². The normalized spacial score (nSPS) is 9.90. The zero-order valence-corrected chi connectivity index (χ0v) is 12.6. The Balaban J connectivity index is 0.000000383. The van der Waals surface area contributed by atoms with Gasteiger partial charge < -0.3 is 5.11 Å². The molecule has 0 unspecified atom stereocenters. The van der Waals surface area contributed by atoms with Crippen LogP contribution in [0.2, 0.25) is 0 Å². The van der Waals surface area contributed by atoms with E-state index in [1.807, 2.05) is 0 Å². The minimum atomic E-state index is -0.414. The molecule has 0 aliphatic carbocycles. The molecular weight excluding hydrogens is 266 g/mol. The van der Waals surface area contributed by atoms with E-state index in [0.29, 0.717) is 11.1 Å². The summed E-state index contributed by atoms with van der Waals surface area (Å²) in [5, 5.41) is 20.0. The number of rotatable bonds is 3. The molecule has 0 saturated heterocycles. The zero-order chi connectivity index (χ0) is 15.8. The number of para-hydroxylation sites is 1. The van der Waals surface area contributed by atoms with Crippen molar-refractivity contribution in [2.75, 3.05) is 0 Å². The van der Waals surface area contributed by atoms with Crippen LogP contribution in [0.4, 0.5) is 5.69 Å². The molecule has 0 aliphatic rings. The van der Waals surface area contributed by atoms with Crippen LogP contribution < -0.4 is 0 Å². The SMILES string of the molecule is CCC(C)C.O=[N+]([O-])c1ccccc1-c1ccc(O)cc1. The van der Waals surface area contributed by atoms with Crippen LogP contribution in [0.15, 0.2) is 48.5 Å². The van der Waals surface area contributed by atoms with Crippen molar-refractivity contribution in [2.24, 2.45) is 5.92 Å². The van der Waals surface area contributed by atoms with Gasteiger partial charge in [-0.3, -0.25) is 10.1 Å². The van der Waals surface area contributed by atoms with Crippen LogP contribution in [0.25, 0.3) is 11.1 Å². The van der Waals surface area contributed by atoms with Crippen LogP contribution in [0, 0.1) is 16.0 Å². The summed E-state index contributed by atoms with van der Waals surface area (Å²) in [4.78, 5) is 10.4. The lowest BCUT2D eigenvalue weighted by Crippen LogP contribution is -1.91. The van der Waals surface area contributed by atoms with E-state index >= 15 is 0 Å². The molecule has 0 heterocycles. The number of hydrogen-bond acceptors (Lipinski definition) is 3. The number of aromatic hydroxyl groups is 1. The van der Waals surface area contributed by atoms with Crippen LogP contribution in [0.5, 0.6) is 5.75 Å². The lowest BCUT2D eigenvalue weighted by atomic mass is 10.0. The van der Waals surface area contributed by atoms with Crippen molar-refractivity contribution >= 4 is 5.69 Å². The number of phenolic OH excluding ortho intramolecular Hbond substituents is 1. The summed E-state index contributed by atoms with van der Waals surface area (Å²) in [7, 11) is 0. The fraction of sp³-hybridized carbons (Fsp3) is 0.294. The standard InChI is InChI=1S/C12H9NO3.C5H12/c14-10-7-5-9(6-8-10)11-3-1-2-4-12(11)13(15)16;1-4-5(2)3/h1-8,14H;5H,4H2,1-3H3. The highest BCUT2D eigenvalue weighted by atomic mass is 16.6. The van der Waals surface area contributed by atoms with Gasteiger partial charge in [0.1, 0.15) is 5.75 Å². The van der Waals surface area contributed by atoms with Crippen molar-refractivity contribution in [3.05, 3.63) is 58.6 Å². The summed E-state index contributed by atoms with van der Waals surface area (Å²) in [6.45, 7) is 6.64. The third-order valence-electron chi connectivity index (χ3n) is 3.10. The molecular formula is C17H21NO3. The molecule has 0 aliphatic heterocycles. The number of phenols is 1. The highest BCUT2D eigenvalue weighted by Crippen LogP contribution is 2.30. The molecule has 4 heteroatoms. The van der Waals surface area contributed by atoms with E-state index < -0.39 is 4.92 Å². The number of nitro groups is 1. The summed E-state index contributed by atoms with van der Waals surface area (Å²) in [6.07, 6.45) is 1.31. The number of nitrogens with zero attached hydrogens (tertiary/aromatic N) is 1. The molecule has 0 bridgehead atoms. The molecule has 0 atom stereocenters.